The van der Waals surface area contributed by atoms with E-state index in [0.29, 0.717) is 34.3 Å². The van der Waals surface area contributed by atoms with Gasteiger partial charge < -0.3 is 19.7 Å². The summed E-state index contributed by atoms with van der Waals surface area (Å²) in [5.74, 6) is -0.586. The third kappa shape index (κ3) is 5.54. The Kier molecular flexibility index (Phi) is 7.76. The van der Waals surface area contributed by atoms with Gasteiger partial charge in [-0.15, -0.1) is 11.6 Å². The summed E-state index contributed by atoms with van der Waals surface area (Å²) >= 11 is 12.0. The molecule has 0 saturated heterocycles. The van der Waals surface area contributed by atoms with Crippen molar-refractivity contribution in [1.29, 1.82) is 0 Å². The van der Waals surface area contributed by atoms with Gasteiger partial charge in [0.2, 0.25) is 5.91 Å². The lowest BCUT2D eigenvalue weighted by Crippen LogP contribution is -2.34. The maximum absolute atomic E-state index is 13.5. The molecule has 33 heavy (non-hydrogen) atoms. The summed E-state index contributed by atoms with van der Waals surface area (Å²) in [7, 11) is -1.99. The van der Waals surface area contributed by atoms with Crippen LogP contribution in [0.1, 0.15) is 34.5 Å². The number of benzene rings is 2. The van der Waals surface area contributed by atoms with E-state index in [1.807, 2.05) is 6.92 Å². The molecule has 178 valence electrons. The first-order chi connectivity index (χ1) is 15.6. The second-order valence-corrected chi connectivity index (χ2v) is 10.4. The fraction of sp³-hybridized carbons (Fsp3) is 0.364. The predicted octanol–water partition coefficient (Wildman–Crippen LogP) is 3.67. The maximum Gasteiger partial charge on any atom is 0.257 e. The van der Waals surface area contributed by atoms with Crippen molar-refractivity contribution >= 4 is 50.5 Å². The van der Waals surface area contributed by atoms with Crippen LogP contribution in [0, 0.1) is 0 Å². The van der Waals surface area contributed by atoms with E-state index in [2.05, 4.69) is 5.32 Å². The van der Waals surface area contributed by atoms with Gasteiger partial charge in [-0.05, 0) is 36.8 Å². The van der Waals surface area contributed by atoms with Crippen molar-refractivity contribution in [3.8, 4) is 11.5 Å². The Hall–Kier alpha value is -2.49. The highest BCUT2D eigenvalue weighted by atomic mass is 35.5. The van der Waals surface area contributed by atoms with Gasteiger partial charge in [0, 0.05) is 23.4 Å². The number of amides is 2. The molecule has 8 nitrogen and oxygen atoms in total. The van der Waals surface area contributed by atoms with Gasteiger partial charge in [0.05, 0.1) is 36.8 Å². The number of hydrogen-bond acceptors (Lipinski definition) is 6. The summed E-state index contributed by atoms with van der Waals surface area (Å²) in [6, 6.07) is 7.32. The first kappa shape index (κ1) is 25.1. The Bertz CT molecular complexity index is 1190. The summed E-state index contributed by atoms with van der Waals surface area (Å²) in [4.78, 5) is 26.8. The predicted molar refractivity (Wildman–Crippen MR) is 127 cm³/mol. The number of sulfone groups is 1. The molecule has 1 atom stereocenters. The van der Waals surface area contributed by atoms with Crippen LogP contribution in [0.25, 0.3) is 0 Å². The SMILES string of the molecule is CCOc1cc([C@@H](CS(C)(=O)=O)N2Cc3c(Cl)ccc(NC(=O)CCl)c3C2=O)ccc1OC. The van der Waals surface area contributed by atoms with Crippen LogP contribution in [0.15, 0.2) is 30.3 Å². The zero-order valence-electron chi connectivity index (χ0n) is 18.4. The number of nitrogens with one attached hydrogen (secondary N) is 1. The molecule has 0 bridgehead atoms. The van der Waals surface area contributed by atoms with Crippen LogP contribution >= 0.6 is 23.2 Å². The molecule has 0 aliphatic carbocycles. The first-order valence-electron chi connectivity index (χ1n) is 10.1. The lowest BCUT2D eigenvalue weighted by molar-refractivity contribution is -0.113. The molecule has 2 amide bonds. The number of fused-ring (bicyclic) bond motifs is 1. The molecule has 1 aliphatic heterocycles. The summed E-state index contributed by atoms with van der Waals surface area (Å²) in [5, 5.41) is 2.95. The van der Waals surface area contributed by atoms with Crippen molar-refractivity contribution in [3.05, 3.63) is 52.0 Å². The molecule has 0 radical (unpaired) electrons. The standard InChI is InChI=1S/C22H24Cl2N2O6S/c1-4-32-19-9-13(5-8-18(19)31-2)17(12-33(3,29)30)26-11-14-15(24)6-7-16(21(14)22(26)28)25-20(27)10-23/h5-9,17H,4,10-12H2,1-3H3,(H,25,27)/t17-/m1/s1. The van der Waals surface area contributed by atoms with Crippen LogP contribution in [0.5, 0.6) is 11.5 Å². The summed E-state index contributed by atoms with van der Waals surface area (Å²) < 4.78 is 35.6. The average molecular weight is 515 g/mol. The monoisotopic (exact) mass is 514 g/mol. The van der Waals surface area contributed by atoms with Crippen molar-refractivity contribution in [2.75, 3.05) is 36.9 Å². The van der Waals surface area contributed by atoms with Crippen LogP contribution in [0.3, 0.4) is 0 Å². The molecule has 0 spiro atoms. The average Bonchev–Trinajstić information content (AvgIpc) is 3.11. The largest absolute Gasteiger partial charge is 0.493 e. The summed E-state index contributed by atoms with van der Waals surface area (Å²) in [6.45, 7) is 2.27. The van der Waals surface area contributed by atoms with E-state index in [1.165, 1.54) is 18.1 Å². The molecule has 0 fully saturated rings. The van der Waals surface area contributed by atoms with Crippen LogP contribution in [0.4, 0.5) is 5.69 Å². The fourth-order valence-corrected chi connectivity index (χ4v) is 5.00. The molecular weight excluding hydrogens is 491 g/mol. The molecule has 1 N–H and O–H groups in total. The fourth-order valence-electron chi connectivity index (χ4n) is 3.77. The normalized spacial score (nSPS) is 14.1. The number of anilines is 1. The van der Waals surface area contributed by atoms with E-state index in [9.17, 15) is 18.0 Å². The Morgan fingerprint density at radius 1 is 1.24 bits per heavy atom. The van der Waals surface area contributed by atoms with Crippen molar-refractivity contribution in [3.63, 3.8) is 0 Å². The molecule has 0 unspecified atom stereocenters. The van der Waals surface area contributed by atoms with Gasteiger partial charge in [-0.25, -0.2) is 8.42 Å². The quantitative estimate of drug-likeness (QED) is 0.512. The number of nitrogens with zero attached hydrogens (tertiary/aromatic N) is 1. The highest BCUT2D eigenvalue weighted by molar-refractivity contribution is 7.90. The molecule has 0 aromatic heterocycles. The number of rotatable bonds is 9. The van der Waals surface area contributed by atoms with Crippen molar-refractivity contribution in [2.45, 2.75) is 19.5 Å². The molecule has 11 heteroatoms. The Morgan fingerprint density at radius 3 is 2.58 bits per heavy atom. The molecule has 1 heterocycles. The van der Waals surface area contributed by atoms with E-state index < -0.39 is 27.7 Å². The molecular formula is C22H24Cl2N2O6S. The number of ether oxygens (including phenoxy) is 2. The maximum atomic E-state index is 13.5. The smallest absolute Gasteiger partial charge is 0.257 e. The van der Waals surface area contributed by atoms with E-state index in [0.717, 1.165) is 6.26 Å². The third-order valence-corrected chi connectivity index (χ3v) is 6.68. The number of hydrogen-bond donors (Lipinski definition) is 1. The Balaban J connectivity index is 2.08. The second kappa shape index (κ2) is 10.2. The molecule has 3 rings (SSSR count). The minimum absolute atomic E-state index is 0.0772. The highest BCUT2D eigenvalue weighted by Gasteiger charge is 2.38. The van der Waals surface area contributed by atoms with Crippen LogP contribution < -0.4 is 14.8 Å². The number of carbonyl (C=O) groups excluding carboxylic acids is 2. The van der Waals surface area contributed by atoms with Gasteiger partial charge in [-0.3, -0.25) is 9.59 Å². The van der Waals surface area contributed by atoms with E-state index >= 15 is 0 Å². The summed E-state index contributed by atoms with van der Waals surface area (Å²) in [5.41, 5.74) is 1.56. The lowest BCUT2D eigenvalue weighted by Gasteiger charge is -2.28. The van der Waals surface area contributed by atoms with Crippen LogP contribution in [0.2, 0.25) is 5.02 Å². The molecule has 2 aromatic carbocycles. The molecule has 2 aromatic rings. The first-order valence-corrected chi connectivity index (χ1v) is 13.0. The van der Waals surface area contributed by atoms with E-state index in [1.54, 1.807) is 24.3 Å². The number of methoxy groups -OCH3 is 1. The van der Waals surface area contributed by atoms with Crippen LogP contribution in [-0.2, 0) is 21.2 Å². The Labute approximate surface area is 202 Å². The number of alkyl halides is 1. The zero-order valence-corrected chi connectivity index (χ0v) is 20.7. The van der Waals surface area contributed by atoms with Crippen molar-refractivity contribution in [2.24, 2.45) is 0 Å². The van der Waals surface area contributed by atoms with E-state index in [4.69, 9.17) is 32.7 Å². The Morgan fingerprint density at radius 2 is 1.97 bits per heavy atom. The lowest BCUT2D eigenvalue weighted by atomic mass is 10.1. The summed E-state index contributed by atoms with van der Waals surface area (Å²) in [6.07, 6.45) is 1.11. The zero-order chi connectivity index (χ0) is 24.3. The number of carbonyl (C=O) groups is 2. The second-order valence-electron chi connectivity index (χ2n) is 7.51. The van der Waals surface area contributed by atoms with Gasteiger partial charge in [-0.1, -0.05) is 17.7 Å². The van der Waals surface area contributed by atoms with Gasteiger partial charge in [-0.2, -0.15) is 0 Å². The van der Waals surface area contributed by atoms with Gasteiger partial charge in [0.15, 0.2) is 11.5 Å². The van der Waals surface area contributed by atoms with Crippen LogP contribution in [-0.4, -0.2) is 56.7 Å². The minimum Gasteiger partial charge on any atom is -0.493 e. The van der Waals surface area contributed by atoms with Gasteiger partial charge in [0.25, 0.3) is 5.91 Å². The number of halogens is 2. The minimum atomic E-state index is -3.49. The van der Waals surface area contributed by atoms with Crippen molar-refractivity contribution in [1.82, 2.24) is 4.90 Å². The van der Waals surface area contributed by atoms with Crippen molar-refractivity contribution < 1.29 is 27.5 Å². The highest BCUT2D eigenvalue weighted by Crippen LogP contribution is 2.40. The molecule has 1 aliphatic rings. The molecule has 0 saturated carbocycles. The van der Waals surface area contributed by atoms with Gasteiger partial charge >= 0.3 is 0 Å². The van der Waals surface area contributed by atoms with Gasteiger partial charge in [0.1, 0.15) is 15.7 Å². The van der Waals surface area contributed by atoms with E-state index in [-0.39, 0.29) is 29.4 Å². The topological polar surface area (TPSA) is 102 Å². The third-order valence-electron chi connectivity index (χ3n) is 5.16.